The second-order valence-electron chi connectivity index (χ2n) is 7.03. The molecule has 0 amide bonds. The first-order valence-corrected chi connectivity index (χ1v) is 9.79. The number of benzene rings is 2. The number of Topliss-reactive ketones (excluding diaryl/α,β-unsaturated/α-hetero) is 1. The lowest BCUT2D eigenvalue weighted by atomic mass is 10.0. The van der Waals surface area contributed by atoms with E-state index in [0.717, 1.165) is 43.1 Å². The van der Waals surface area contributed by atoms with Crippen molar-refractivity contribution in [1.82, 2.24) is 0 Å². The number of anilines is 1. The van der Waals surface area contributed by atoms with Crippen LogP contribution >= 0.6 is 0 Å². The van der Waals surface area contributed by atoms with Crippen LogP contribution in [0, 0.1) is 5.92 Å². The molecular weight excluding hydrogens is 336 g/mol. The number of para-hydroxylation sites is 1. The van der Waals surface area contributed by atoms with Gasteiger partial charge in [0.2, 0.25) is 0 Å². The Bertz CT molecular complexity index is 769. The van der Waals surface area contributed by atoms with Crippen molar-refractivity contribution in [3.63, 3.8) is 0 Å². The zero-order valence-electron chi connectivity index (χ0n) is 16.2. The van der Waals surface area contributed by atoms with Crippen molar-refractivity contribution >= 4 is 17.3 Å². The molecule has 4 nitrogen and oxygen atoms in total. The van der Waals surface area contributed by atoms with Gasteiger partial charge >= 0.3 is 0 Å². The Hall–Kier alpha value is -2.62. The molecule has 0 radical (unpaired) electrons. The van der Waals surface area contributed by atoms with Gasteiger partial charge in [0, 0.05) is 24.2 Å². The highest BCUT2D eigenvalue weighted by Crippen LogP contribution is 2.22. The Morgan fingerprint density at radius 1 is 1.11 bits per heavy atom. The molecule has 27 heavy (non-hydrogen) atoms. The molecule has 1 aliphatic heterocycles. The van der Waals surface area contributed by atoms with E-state index in [-0.39, 0.29) is 5.78 Å². The van der Waals surface area contributed by atoms with Crippen molar-refractivity contribution in [2.75, 3.05) is 24.6 Å². The molecule has 1 heterocycles. The molecule has 0 spiro atoms. The number of rotatable bonds is 6. The van der Waals surface area contributed by atoms with Crippen molar-refractivity contribution < 1.29 is 9.53 Å². The predicted octanol–water partition coefficient (Wildman–Crippen LogP) is 4.99. The zero-order valence-corrected chi connectivity index (χ0v) is 16.2. The molecule has 142 valence electrons. The van der Waals surface area contributed by atoms with Gasteiger partial charge in [-0.2, -0.15) is 0 Å². The molecule has 0 bridgehead atoms. The minimum absolute atomic E-state index is 0.0851. The second kappa shape index (κ2) is 9.36. The van der Waals surface area contributed by atoms with Crippen molar-refractivity contribution in [1.29, 1.82) is 0 Å². The van der Waals surface area contributed by atoms with Gasteiger partial charge in [-0.3, -0.25) is 9.79 Å². The molecule has 1 unspecified atom stereocenters. The van der Waals surface area contributed by atoms with E-state index in [2.05, 4.69) is 11.8 Å². The summed E-state index contributed by atoms with van der Waals surface area (Å²) in [5.41, 5.74) is 1.71. The van der Waals surface area contributed by atoms with Crippen molar-refractivity contribution in [2.24, 2.45) is 10.9 Å². The number of amidine groups is 1. The highest BCUT2D eigenvalue weighted by Gasteiger charge is 2.20. The molecule has 0 N–H and O–H groups in total. The maximum atomic E-state index is 13.0. The van der Waals surface area contributed by atoms with Gasteiger partial charge in [-0.25, -0.2) is 0 Å². The summed E-state index contributed by atoms with van der Waals surface area (Å²) in [5.74, 6) is 2.56. The lowest BCUT2D eigenvalue weighted by Gasteiger charge is -2.25. The smallest absolute Gasteiger partial charge is 0.182 e. The highest BCUT2D eigenvalue weighted by molar-refractivity contribution is 6.07. The summed E-state index contributed by atoms with van der Waals surface area (Å²) in [4.78, 5) is 19.8. The van der Waals surface area contributed by atoms with Gasteiger partial charge in [0.05, 0.1) is 13.2 Å². The standard InChI is InChI=1S/C23H28N2O2/c1-3-27-21-12-10-19(11-13-21)22(26)17-25(20-7-5-4-6-8-20)23-14-9-18(2)15-16-24-23/h4-8,10-13,18H,3,9,14-17H2,1-2H3. The molecule has 0 fully saturated rings. The van der Waals surface area contributed by atoms with Crippen LogP contribution in [-0.4, -0.2) is 31.3 Å². The second-order valence-corrected chi connectivity index (χ2v) is 7.03. The van der Waals surface area contributed by atoms with Gasteiger partial charge in [0.1, 0.15) is 11.6 Å². The third kappa shape index (κ3) is 5.19. The summed E-state index contributed by atoms with van der Waals surface area (Å²) >= 11 is 0. The van der Waals surface area contributed by atoms with Gasteiger partial charge in [0.15, 0.2) is 5.78 Å². The minimum atomic E-state index is 0.0851. The number of carbonyl (C=O) groups excluding carboxylic acids is 1. The van der Waals surface area contributed by atoms with Crippen LogP contribution in [0.15, 0.2) is 59.6 Å². The summed E-state index contributed by atoms with van der Waals surface area (Å²) in [6.45, 7) is 5.97. The molecule has 0 aromatic heterocycles. The third-order valence-electron chi connectivity index (χ3n) is 4.95. The van der Waals surface area contributed by atoms with Crippen molar-refractivity contribution in [3.05, 3.63) is 60.2 Å². The molecule has 2 aromatic rings. The molecule has 0 saturated carbocycles. The maximum absolute atomic E-state index is 13.0. The van der Waals surface area contributed by atoms with E-state index < -0.39 is 0 Å². The summed E-state index contributed by atoms with van der Waals surface area (Å²) in [6.07, 6.45) is 3.13. The number of carbonyl (C=O) groups is 1. The summed E-state index contributed by atoms with van der Waals surface area (Å²) < 4.78 is 5.47. The van der Waals surface area contributed by atoms with E-state index >= 15 is 0 Å². The van der Waals surface area contributed by atoms with E-state index in [9.17, 15) is 4.79 Å². The van der Waals surface area contributed by atoms with Crippen LogP contribution in [0.1, 0.15) is 43.5 Å². The van der Waals surface area contributed by atoms with Crippen LogP contribution in [-0.2, 0) is 0 Å². The molecule has 1 aliphatic rings. The number of ether oxygens (including phenoxy) is 1. The number of aliphatic imine (C=N–C) groups is 1. The van der Waals surface area contributed by atoms with Crippen LogP contribution in [0.3, 0.4) is 0 Å². The SMILES string of the molecule is CCOc1ccc(C(=O)CN(C2=NCCC(C)CC2)c2ccccc2)cc1. The van der Waals surface area contributed by atoms with Gasteiger partial charge < -0.3 is 9.64 Å². The van der Waals surface area contributed by atoms with E-state index in [4.69, 9.17) is 9.73 Å². The molecule has 0 saturated heterocycles. The monoisotopic (exact) mass is 364 g/mol. The normalized spacial score (nSPS) is 17.0. The fourth-order valence-electron chi connectivity index (χ4n) is 3.31. The first kappa shape index (κ1) is 19.2. The Kier molecular flexibility index (Phi) is 6.64. The molecular formula is C23H28N2O2. The maximum Gasteiger partial charge on any atom is 0.182 e. The Morgan fingerprint density at radius 2 is 1.85 bits per heavy atom. The predicted molar refractivity (Wildman–Crippen MR) is 111 cm³/mol. The molecule has 4 heteroatoms. The number of nitrogens with zero attached hydrogens (tertiary/aromatic N) is 2. The van der Waals surface area contributed by atoms with Crippen LogP contribution in [0.4, 0.5) is 5.69 Å². The average molecular weight is 364 g/mol. The van der Waals surface area contributed by atoms with Crippen molar-refractivity contribution in [3.8, 4) is 5.75 Å². The fraction of sp³-hybridized carbons (Fsp3) is 0.391. The minimum Gasteiger partial charge on any atom is -0.494 e. The summed E-state index contributed by atoms with van der Waals surface area (Å²) in [5, 5.41) is 0. The Morgan fingerprint density at radius 3 is 2.56 bits per heavy atom. The summed E-state index contributed by atoms with van der Waals surface area (Å²) in [6, 6.07) is 17.5. The molecule has 2 aromatic carbocycles. The van der Waals surface area contributed by atoms with Gasteiger partial charge in [-0.15, -0.1) is 0 Å². The molecule has 0 aliphatic carbocycles. The van der Waals surface area contributed by atoms with Crippen LogP contribution in [0.2, 0.25) is 0 Å². The van der Waals surface area contributed by atoms with Crippen molar-refractivity contribution in [2.45, 2.75) is 33.1 Å². The molecule has 1 atom stereocenters. The van der Waals surface area contributed by atoms with Crippen LogP contribution < -0.4 is 9.64 Å². The third-order valence-corrected chi connectivity index (χ3v) is 4.95. The largest absolute Gasteiger partial charge is 0.494 e. The lowest BCUT2D eigenvalue weighted by Crippen LogP contribution is -2.36. The van der Waals surface area contributed by atoms with E-state index in [0.29, 0.717) is 24.6 Å². The van der Waals surface area contributed by atoms with E-state index in [1.54, 1.807) is 0 Å². The Labute approximate surface area is 161 Å². The first-order chi connectivity index (χ1) is 13.2. The lowest BCUT2D eigenvalue weighted by molar-refractivity contribution is 0.100. The zero-order chi connectivity index (χ0) is 19.1. The van der Waals surface area contributed by atoms with E-state index in [1.807, 2.05) is 61.5 Å². The van der Waals surface area contributed by atoms with Gasteiger partial charge in [-0.05, 0) is 62.1 Å². The summed E-state index contributed by atoms with van der Waals surface area (Å²) in [7, 11) is 0. The topological polar surface area (TPSA) is 41.9 Å². The van der Waals surface area contributed by atoms with Crippen LogP contribution in [0.25, 0.3) is 0 Å². The molecule has 3 rings (SSSR count). The fourth-order valence-corrected chi connectivity index (χ4v) is 3.31. The highest BCUT2D eigenvalue weighted by atomic mass is 16.5. The number of ketones is 1. The Balaban J connectivity index is 1.80. The first-order valence-electron chi connectivity index (χ1n) is 9.79. The number of hydrogen-bond acceptors (Lipinski definition) is 4. The van der Waals surface area contributed by atoms with Crippen LogP contribution in [0.5, 0.6) is 5.75 Å². The van der Waals surface area contributed by atoms with Gasteiger partial charge in [0.25, 0.3) is 0 Å². The quantitative estimate of drug-likeness (QED) is 0.678. The van der Waals surface area contributed by atoms with E-state index in [1.165, 1.54) is 0 Å². The average Bonchev–Trinajstić information content (AvgIpc) is 2.92. The number of hydrogen-bond donors (Lipinski definition) is 0. The van der Waals surface area contributed by atoms with Gasteiger partial charge in [-0.1, -0.05) is 25.1 Å².